The Labute approximate surface area is 107 Å². The fourth-order valence-corrected chi connectivity index (χ4v) is 2.58. The van der Waals surface area contributed by atoms with Gasteiger partial charge in [0, 0.05) is 11.2 Å². The number of anilines is 1. The molecule has 1 fully saturated rings. The van der Waals surface area contributed by atoms with Crippen molar-refractivity contribution in [2.75, 3.05) is 5.32 Å². The summed E-state index contributed by atoms with van der Waals surface area (Å²) in [5, 5.41) is 2.75. The van der Waals surface area contributed by atoms with E-state index >= 15 is 0 Å². The molecule has 18 heavy (non-hydrogen) atoms. The van der Waals surface area contributed by atoms with E-state index in [-0.39, 0.29) is 17.6 Å². The number of rotatable bonds is 2. The molecular weight excluding hydrogens is 231 g/mol. The van der Waals surface area contributed by atoms with Crippen LogP contribution in [0, 0.1) is 11.7 Å². The second-order valence-corrected chi connectivity index (χ2v) is 5.30. The molecule has 1 aromatic rings. The van der Waals surface area contributed by atoms with E-state index in [0.717, 1.165) is 25.7 Å². The van der Waals surface area contributed by atoms with Crippen LogP contribution in [0.3, 0.4) is 0 Å². The first-order valence-corrected chi connectivity index (χ1v) is 6.34. The summed E-state index contributed by atoms with van der Waals surface area (Å²) in [6.07, 6.45) is 3.74. The molecule has 0 radical (unpaired) electrons. The van der Waals surface area contributed by atoms with Crippen molar-refractivity contribution in [1.82, 2.24) is 0 Å². The SMILES string of the molecule is CC1(N)CCCCC1C(=O)Nc1cccc(F)c1. The van der Waals surface area contributed by atoms with Gasteiger partial charge in [0.2, 0.25) is 5.91 Å². The molecule has 0 aromatic heterocycles. The predicted octanol–water partition coefficient (Wildman–Crippen LogP) is 2.67. The average Bonchev–Trinajstić information content (AvgIpc) is 2.28. The van der Waals surface area contributed by atoms with Crippen LogP contribution in [-0.2, 0) is 4.79 Å². The molecule has 1 saturated carbocycles. The van der Waals surface area contributed by atoms with Gasteiger partial charge in [-0.2, -0.15) is 0 Å². The Morgan fingerprint density at radius 2 is 2.28 bits per heavy atom. The van der Waals surface area contributed by atoms with Crippen LogP contribution in [0.5, 0.6) is 0 Å². The molecule has 2 rings (SSSR count). The smallest absolute Gasteiger partial charge is 0.229 e. The number of benzene rings is 1. The first-order valence-electron chi connectivity index (χ1n) is 6.34. The second kappa shape index (κ2) is 5.06. The molecule has 0 saturated heterocycles. The number of hydrogen-bond acceptors (Lipinski definition) is 2. The highest BCUT2D eigenvalue weighted by atomic mass is 19.1. The van der Waals surface area contributed by atoms with E-state index in [9.17, 15) is 9.18 Å². The number of nitrogens with one attached hydrogen (secondary N) is 1. The van der Waals surface area contributed by atoms with Gasteiger partial charge in [-0.1, -0.05) is 18.9 Å². The third-order valence-corrected chi connectivity index (χ3v) is 3.66. The van der Waals surface area contributed by atoms with Crippen LogP contribution in [0.25, 0.3) is 0 Å². The highest BCUT2D eigenvalue weighted by molar-refractivity contribution is 5.93. The Morgan fingerprint density at radius 1 is 1.50 bits per heavy atom. The highest BCUT2D eigenvalue weighted by Gasteiger charge is 2.37. The molecule has 2 atom stereocenters. The van der Waals surface area contributed by atoms with Crippen molar-refractivity contribution in [2.24, 2.45) is 11.7 Å². The lowest BCUT2D eigenvalue weighted by Gasteiger charge is -2.37. The molecule has 1 aliphatic carbocycles. The molecule has 0 heterocycles. The minimum absolute atomic E-state index is 0.106. The van der Waals surface area contributed by atoms with E-state index in [4.69, 9.17) is 5.73 Å². The maximum atomic E-state index is 13.0. The van der Waals surface area contributed by atoms with E-state index in [1.54, 1.807) is 12.1 Å². The van der Waals surface area contributed by atoms with Gasteiger partial charge in [0.25, 0.3) is 0 Å². The molecule has 3 nitrogen and oxygen atoms in total. The predicted molar refractivity (Wildman–Crippen MR) is 69.6 cm³/mol. The number of carbonyl (C=O) groups is 1. The van der Waals surface area contributed by atoms with Gasteiger partial charge in [-0.05, 0) is 38.0 Å². The van der Waals surface area contributed by atoms with Gasteiger partial charge in [0.1, 0.15) is 5.82 Å². The largest absolute Gasteiger partial charge is 0.326 e. The molecule has 1 aliphatic rings. The van der Waals surface area contributed by atoms with E-state index in [0.29, 0.717) is 5.69 Å². The van der Waals surface area contributed by atoms with E-state index in [1.165, 1.54) is 12.1 Å². The van der Waals surface area contributed by atoms with Crippen LogP contribution in [0.2, 0.25) is 0 Å². The Balaban J connectivity index is 2.07. The quantitative estimate of drug-likeness (QED) is 0.847. The number of halogens is 1. The number of hydrogen-bond donors (Lipinski definition) is 2. The van der Waals surface area contributed by atoms with Crippen LogP contribution in [0.15, 0.2) is 24.3 Å². The molecule has 0 aliphatic heterocycles. The van der Waals surface area contributed by atoms with E-state index < -0.39 is 5.54 Å². The van der Waals surface area contributed by atoms with E-state index in [1.807, 2.05) is 6.92 Å². The maximum Gasteiger partial charge on any atom is 0.229 e. The molecule has 98 valence electrons. The first kappa shape index (κ1) is 13.0. The molecule has 1 amide bonds. The lowest BCUT2D eigenvalue weighted by Crippen LogP contribution is -2.51. The van der Waals surface area contributed by atoms with Gasteiger partial charge < -0.3 is 11.1 Å². The molecule has 0 bridgehead atoms. The fraction of sp³-hybridized carbons (Fsp3) is 0.500. The minimum atomic E-state index is -0.463. The van der Waals surface area contributed by atoms with Gasteiger partial charge in [-0.15, -0.1) is 0 Å². The summed E-state index contributed by atoms with van der Waals surface area (Å²) in [5.74, 6) is -0.660. The molecule has 0 spiro atoms. The van der Waals surface area contributed by atoms with Gasteiger partial charge in [-0.25, -0.2) is 4.39 Å². The van der Waals surface area contributed by atoms with Crippen LogP contribution < -0.4 is 11.1 Å². The third kappa shape index (κ3) is 2.88. The van der Waals surface area contributed by atoms with Crippen molar-refractivity contribution >= 4 is 11.6 Å². The van der Waals surface area contributed by atoms with Crippen molar-refractivity contribution in [1.29, 1.82) is 0 Å². The van der Waals surface area contributed by atoms with Crippen LogP contribution in [-0.4, -0.2) is 11.4 Å². The van der Waals surface area contributed by atoms with Crippen molar-refractivity contribution < 1.29 is 9.18 Å². The summed E-state index contributed by atoms with van der Waals surface area (Å²) >= 11 is 0. The van der Waals surface area contributed by atoms with Gasteiger partial charge >= 0.3 is 0 Å². The summed E-state index contributed by atoms with van der Waals surface area (Å²) in [6, 6.07) is 5.92. The van der Waals surface area contributed by atoms with E-state index in [2.05, 4.69) is 5.32 Å². The van der Waals surface area contributed by atoms with Gasteiger partial charge in [-0.3, -0.25) is 4.79 Å². The van der Waals surface area contributed by atoms with Crippen molar-refractivity contribution in [3.8, 4) is 0 Å². The summed E-state index contributed by atoms with van der Waals surface area (Å²) < 4.78 is 13.0. The van der Waals surface area contributed by atoms with Crippen molar-refractivity contribution in [3.63, 3.8) is 0 Å². The molecule has 1 aromatic carbocycles. The maximum absolute atomic E-state index is 13.0. The Bertz CT molecular complexity index is 445. The topological polar surface area (TPSA) is 55.1 Å². The molecule has 2 unspecified atom stereocenters. The van der Waals surface area contributed by atoms with Gasteiger partial charge in [0.05, 0.1) is 5.92 Å². The monoisotopic (exact) mass is 250 g/mol. The zero-order valence-corrected chi connectivity index (χ0v) is 10.6. The van der Waals surface area contributed by atoms with Crippen LogP contribution in [0.1, 0.15) is 32.6 Å². The zero-order valence-electron chi connectivity index (χ0n) is 10.6. The number of nitrogens with two attached hydrogens (primary N) is 1. The Morgan fingerprint density at radius 3 is 2.94 bits per heavy atom. The summed E-state index contributed by atoms with van der Waals surface area (Å²) in [4.78, 5) is 12.2. The average molecular weight is 250 g/mol. The summed E-state index contributed by atoms with van der Waals surface area (Å²) in [5.41, 5.74) is 6.20. The van der Waals surface area contributed by atoms with Crippen molar-refractivity contribution in [3.05, 3.63) is 30.1 Å². The minimum Gasteiger partial charge on any atom is -0.326 e. The number of carbonyl (C=O) groups excluding carboxylic acids is 1. The summed E-state index contributed by atoms with van der Waals surface area (Å²) in [6.45, 7) is 1.92. The second-order valence-electron chi connectivity index (χ2n) is 5.30. The fourth-order valence-electron chi connectivity index (χ4n) is 2.58. The van der Waals surface area contributed by atoms with Crippen molar-refractivity contribution in [2.45, 2.75) is 38.1 Å². The summed E-state index contributed by atoms with van der Waals surface area (Å²) in [7, 11) is 0. The normalized spacial score (nSPS) is 27.8. The molecule has 3 N–H and O–H groups in total. The van der Waals surface area contributed by atoms with Gasteiger partial charge in [0.15, 0.2) is 0 Å². The molecule has 4 heteroatoms. The standard InChI is InChI=1S/C14H19FN2O/c1-14(16)8-3-2-7-12(14)13(18)17-11-6-4-5-10(15)9-11/h4-6,9,12H,2-3,7-8,16H2,1H3,(H,17,18). The third-order valence-electron chi connectivity index (χ3n) is 3.66. The Hall–Kier alpha value is -1.42. The Kier molecular flexibility index (Phi) is 3.66. The lowest BCUT2D eigenvalue weighted by molar-refractivity contribution is -0.122. The highest BCUT2D eigenvalue weighted by Crippen LogP contribution is 2.32. The first-order chi connectivity index (χ1) is 8.49. The lowest BCUT2D eigenvalue weighted by atomic mass is 9.74. The zero-order chi connectivity index (χ0) is 13.2. The molecular formula is C14H19FN2O. The number of amides is 1. The van der Waals surface area contributed by atoms with Crippen LogP contribution in [0.4, 0.5) is 10.1 Å². The van der Waals surface area contributed by atoms with Crippen LogP contribution >= 0.6 is 0 Å².